The van der Waals surface area contributed by atoms with E-state index in [1.54, 1.807) is 6.92 Å². The third-order valence-corrected chi connectivity index (χ3v) is 3.08. The third kappa shape index (κ3) is 8.86. The predicted molar refractivity (Wildman–Crippen MR) is 71.9 cm³/mol. The molecule has 0 aromatic carbocycles. The molecule has 0 saturated carbocycles. The first-order chi connectivity index (χ1) is 8.68. The number of nitrogens with zero attached hydrogens (tertiary/aromatic N) is 2. The van der Waals surface area contributed by atoms with E-state index in [1.807, 2.05) is 0 Å². The standard InChI is InChI=1S/C14H24N2O2/c1-3-4-5-6-7-8-9-10-11-14(2,15-12-17)16-13-18/h3-11H2,1-2H3. The van der Waals surface area contributed by atoms with Gasteiger partial charge >= 0.3 is 0 Å². The first-order valence-electron chi connectivity index (χ1n) is 6.86. The molecule has 102 valence electrons. The molecular weight excluding hydrogens is 228 g/mol. The number of carbonyl (C=O) groups excluding carboxylic acids is 2. The van der Waals surface area contributed by atoms with Crippen LogP contribution in [0, 0.1) is 0 Å². The molecule has 0 fully saturated rings. The summed E-state index contributed by atoms with van der Waals surface area (Å²) < 4.78 is 0. The lowest BCUT2D eigenvalue weighted by Crippen LogP contribution is -2.18. The molecule has 0 aliphatic heterocycles. The Balaban J connectivity index is 3.68. The van der Waals surface area contributed by atoms with Crippen LogP contribution in [0.15, 0.2) is 9.98 Å². The fourth-order valence-corrected chi connectivity index (χ4v) is 1.93. The molecule has 0 aromatic rings. The highest BCUT2D eigenvalue weighted by molar-refractivity contribution is 5.38. The van der Waals surface area contributed by atoms with Crippen LogP contribution in [-0.2, 0) is 9.59 Å². The van der Waals surface area contributed by atoms with E-state index in [2.05, 4.69) is 16.9 Å². The number of hydrogen-bond donors (Lipinski definition) is 0. The summed E-state index contributed by atoms with van der Waals surface area (Å²) in [6, 6.07) is 0. The number of unbranched alkanes of at least 4 members (excludes halogenated alkanes) is 7. The van der Waals surface area contributed by atoms with Crippen LogP contribution in [0.2, 0.25) is 0 Å². The molecule has 18 heavy (non-hydrogen) atoms. The Hall–Kier alpha value is -1.24. The lowest BCUT2D eigenvalue weighted by molar-refractivity contribution is 0.417. The molecule has 0 heterocycles. The van der Waals surface area contributed by atoms with Gasteiger partial charge in [0.2, 0.25) is 12.2 Å². The van der Waals surface area contributed by atoms with Gasteiger partial charge in [0.05, 0.1) is 0 Å². The Morgan fingerprint density at radius 1 is 0.833 bits per heavy atom. The third-order valence-electron chi connectivity index (χ3n) is 3.08. The van der Waals surface area contributed by atoms with E-state index in [-0.39, 0.29) is 0 Å². The van der Waals surface area contributed by atoms with Gasteiger partial charge in [-0.15, -0.1) is 0 Å². The summed E-state index contributed by atoms with van der Waals surface area (Å²) in [7, 11) is 0. The summed E-state index contributed by atoms with van der Waals surface area (Å²) in [6.45, 7) is 3.87. The molecule has 0 bridgehead atoms. The first-order valence-corrected chi connectivity index (χ1v) is 6.86. The number of aliphatic imine (C=N–C) groups is 2. The molecule has 4 nitrogen and oxygen atoms in total. The monoisotopic (exact) mass is 252 g/mol. The van der Waals surface area contributed by atoms with E-state index >= 15 is 0 Å². The topological polar surface area (TPSA) is 58.9 Å². The van der Waals surface area contributed by atoms with Crippen LogP contribution in [0.25, 0.3) is 0 Å². The largest absolute Gasteiger partial charge is 0.237 e. The van der Waals surface area contributed by atoms with Crippen LogP contribution in [-0.4, -0.2) is 17.8 Å². The van der Waals surface area contributed by atoms with Gasteiger partial charge in [-0.2, -0.15) is 9.98 Å². The molecule has 0 rings (SSSR count). The predicted octanol–water partition coefficient (Wildman–Crippen LogP) is 3.91. The van der Waals surface area contributed by atoms with Crippen molar-refractivity contribution in [3.8, 4) is 0 Å². The average molecular weight is 252 g/mol. The Kier molecular flexibility index (Phi) is 10.1. The lowest BCUT2D eigenvalue weighted by Gasteiger charge is -2.15. The molecule has 0 spiro atoms. The van der Waals surface area contributed by atoms with Crippen molar-refractivity contribution in [2.24, 2.45) is 9.98 Å². The second-order valence-corrected chi connectivity index (χ2v) is 4.85. The normalized spacial score (nSPS) is 13.2. The van der Waals surface area contributed by atoms with E-state index in [4.69, 9.17) is 0 Å². The van der Waals surface area contributed by atoms with Crippen molar-refractivity contribution in [2.75, 3.05) is 0 Å². The molecule has 0 N–H and O–H groups in total. The van der Waals surface area contributed by atoms with Crippen molar-refractivity contribution in [1.29, 1.82) is 0 Å². The highest BCUT2D eigenvalue weighted by Gasteiger charge is 2.21. The van der Waals surface area contributed by atoms with Gasteiger partial charge in [-0.3, -0.25) is 0 Å². The number of hydrogen-bond acceptors (Lipinski definition) is 4. The molecule has 0 aromatic heterocycles. The zero-order valence-electron chi connectivity index (χ0n) is 11.6. The van der Waals surface area contributed by atoms with Gasteiger partial charge in [0.25, 0.3) is 0 Å². The summed E-state index contributed by atoms with van der Waals surface area (Å²) in [4.78, 5) is 27.6. The van der Waals surface area contributed by atoms with Crippen LogP contribution in [0.5, 0.6) is 0 Å². The van der Waals surface area contributed by atoms with Gasteiger partial charge in [0.1, 0.15) is 0 Å². The van der Waals surface area contributed by atoms with Gasteiger partial charge in [-0.25, -0.2) is 9.59 Å². The smallest absolute Gasteiger partial charge is 0.211 e. The summed E-state index contributed by atoms with van der Waals surface area (Å²) in [5, 5.41) is 0. The highest BCUT2D eigenvalue weighted by Crippen LogP contribution is 2.20. The quantitative estimate of drug-likeness (QED) is 0.318. The maximum Gasteiger partial charge on any atom is 0.237 e. The Labute approximate surface area is 110 Å². The second kappa shape index (κ2) is 10.9. The van der Waals surface area contributed by atoms with E-state index in [9.17, 15) is 9.59 Å². The minimum Gasteiger partial charge on any atom is -0.211 e. The van der Waals surface area contributed by atoms with Crippen LogP contribution in [0.4, 0.5) is 0 Å². The van der Waals surface area contributed by atoms with E-state index in [0.717, 1.165) is 12.8 Å². The van der Waals surface area contributed by atoms with Gasteiger partial charge in [0.15, 0.2) is 5.66 Å². The lowest BCUT2D eigenvalue weighted by atomic mass is 10.0. The number of isocyanates is 2. The zero-order valence-corrected chi connectivity index (χ0v) is 11.6. The highest BCUT2D eigenvalue weighted by atomic mass is 16.1. The first kappa shape index (κ1) is 16.8. The molecular formula is C14H24N2O2. The minimum absolute atomic E-state index is 0.604. The molecule has 0 unspecified atom stereocenters. The van der Waals surface area contributed by atoms with Crippen LogP contribution < -0.4 is 0 Å². The van der Waals surface area contributed by atoms with Crippen molar-refractivity contribution in [2.45, 2.75) is 77.3 Å². The summed E-state index contributed by atoms with van der Waals surface area (Å²) in [6.07, 6.45) is 13.2. The van der Waals surface area contributed by atoms with Crippen molar-refractivity contribution in [1.82, 2.24) is 0 Å². The van der Waals surface area contributed by atoms with Crippen molar-refractivity contribution < 1.29 is 9.59 Å². The molecule has 0 amide bonds. The summed E-state index contributed by atoms with van der Waals surface area (Å²) in [5.74, 6) is 0. The van der Waals surface area contributed by atoms with E-state index in [0.29, 0.717) is 6.42 Å². The molecule has 4 heteroatoms. The average Bonchev–Trinajstić information content (AvgIpc) is 2.33. The van der Waals surface area contributed by atoms with Crippen LogP contribution >= 0.6 is 0 Å². The van der Waals surface area contributed by atoms with Crippen molar-refractivity contribution in [3.63, 3.8) is 0 Å². The Bertz CT molecular complexity index is 285. The van der Waals surface area contributed by atoms with Gasteiger partial charge in [0, 0.05) is 0 Å². The maximum absolute atomic E-state index is 10.2. The fourth-order valence-electron chi connectivity index (χ4n) is 1.93. The Morgan fingerprint density at radius 2 is 1.28 bits per heavy atom. The molecule has 0 aliphatic rings. The van der Waals surface area contributed by atoms with Gasteiger partial charge in [-0.05, 0) is 19.8 Å². The molecule has 0 saturated heterocycles. The van der Waals surface area contributed by atoms with Gasteiger partial charge in [-0.1, -0.05) is 51.9 Å². The summed E-state index contributed by atoms with van der Waals surface area (Å²) in [5.41, 5.74) is -0.953. The van der Waals surface area contributed by atoms with Crippen molar-refractivity contribution in [3.05, 3.63) is 0 Å². The molecule has 0 atom stereocenters. The van der Waals surface area contributed by atoms with Crippen LogP contribution in [0.1, 0.15) is 71.6 Å². The van der Waals surface area contributed by atoms with Gasteiger partial charge < -0.3 is 0 Å². The second-order valence-electron chi connectivity index (χ2n) is 4.85. The fraction of sp³-hybridized carbons (Fsp3) is 0.857. The zero-order chi connectivity index (χ0) is 13.7. The molecule has 0 radical (unpaired) electrons. The molecule has 0 aliphatic carbocycles. The Morgan fingerprint density at radius 3 is 1.72 bits per heavy atom. The van der Waals surface area contributed by atoms with Crippen LogP contribution in [0.3, 0.4) is 0 Å². The summed E-state index contributed by atoms with van der Waals surface area (Å²) >= 11 is 0. The number of rotatable bonds is 11. The van der Waals surface area contributed by atoms with Crippen molar-refractivity contribution >= 4 is 12.2 Å². The minimum atomic E-state index is -0.953. The maximum atomic E-state index is 10.2. The van der Waals surface area contributed by atoms with E-state index < -0.39 is 5.66 Å². The van der Waals surface area contributed by atoms with E-state index in [1.165, 1.54) is 50.7 Å². The SMILES string of the molecule is CCCCCCCCCCC(C)(N=C=O)N=C=O.